The third kappa shape index (κ3) is 3.09. The number of halogens is 1. The number of ketones is 1. The minimum absolute atomic E-state index is 0.0941. The summed E-state index contributed by atoms with van der Waals surface area (Å²) in [4.78, 5) is 23.5. The summed E-state index contributed by atoms with van der Waals surface area (Å²) in [5, 5.41) is 2.77. The van der Waals surface area contributed by atoms with Gasteiger partial charge in [0.1, 0.15) is 5.76 Å². The highest BCUT2D eigenvalue weighted by molar-refractivity contribution is 6.46. The fourth-order valence-corrected chi connectivity index (χ4v) is 1.50. The topological polar surface area (TPSA) is 59.3 Å². The summed E-state index contributed by atoms with van der Waals surface area (Å²) < 4.78 is 5.20. The molecule has 1 heterocycles. The van der Waals surface area contributed by atoms with E-state index in [0.29, 0.717) is 11.3 Å². The zero-order chi connectivity index (χ0) is 13.4. The van der Waals surface area contributed by atoms with E-state index < -0.39 is 17.2 Å². The molecule has 17 heavy (non-hydrogen) atoms. The summed E-state index contributed by atoms with van der Waals surface area (Å²) in [6, 6.07) is 0. The molecule has 0 aliphatic carbocycles. The van der Waals surface area contributed by atoms with Gasteiger partial charge in [-0.25, -0.2) is 0 Å². The maximum atomic E-state index is 11.8. The molecule has 1 rings (SSSR count). The first-order valence-electron chi connectivity index (χ1n) is 5.26. The van der Waals surface area contributed by atoms with Crippen molar-refractivity contribution in [3.63, 3.8) is 0 Å². The Labute approximate surface area is 105 Å². The average Bonchev–Trinajstić information content (AvgIpc) is 2.42. The van der Waals surface area contributed by atoms with Gasteiger partial charge in [-0.15, -0.1) is 0 Å². The van der Waals surface area contributed by atoms with Crippen molar-refractivity contribution in [1.82, 2.24) is 5.32 Å². The van der Waals surface area contributed by atoms with Crippen LogP contribution in [0.25, 0.3) is 0 Å². The summed E-state index contributed by atoms with van der Waals surface area (Å²) in [5.74, 6) is -1.01. The molecule has 0 atom stereocenters. The number of aryl methyl sites for hydroxylation is 1. The van der Waals surface area contributed by atoms with Crippen molar-refractivity contribution in [2.24, 2.45) is 0 Å². The van der Waals surface area contributed by atoms with Gasteiger partial charge in [-0.2, -0.15) is 0 Å². The Hall–Kier alpha value is -1.29. The molecule has 1 aromatic rings. The quantitative estimate of drug-likeness (QED) is 0.655. The van der Waals surface area contributed by atoms with E-state index in [2.05, 4.69) is 5.32 Å². The first-order valence-corrected chi connectivity index (χ1v) is 5.63. The summed E-state index contributed by atoms with van der Waals surface area (Å²) in [6.07, 6.45) is 0. The second-order valence-electron chi connectivity index (χ2n) is 4.96. The number of nitrogens with one attached hydrogen (secondary N) is 1. The molecule has 0 spiro atoms. The molecule has 1 N–H and O–H groups in total. The van der Waals surface area contributed by atoms with E-state index in [1.807, 2.05) is 0 Å². The number of Topliss-reactive ketones (excluding diaryl/α,β-unsaturated/α-hetero) is 1. The first-order chi connectivity index (χ1) is 7.63. The largest absolute Gasteiger partial charge is 0.456 e. The van der Waals surface area contributed by atoms with Crippen LogP contribution in [0.5, 0.6) is 0 Å². The molecule has 0 saturated heterocycles. The molecule has 0 aromatic carbocycles. The van der Waals surface area contributed by atoms with Crippen molar-refractivity contribution in [3.8, 4) is 0 Å². The molecule has 0 saturated carbocycles. The number of furan rings is 1. The Morgan fingerprint density at radius 1 is 1.24 bits per heavy atom. The summed E-state index contributed by atoms with van der Waals surface area (Å²) >= 11 is 5.93. The normalized spacial score (nSPS) is 11.4. The molecule has 1 amide bonds. The van der Waals surface area contributed by atoms with Gasteiger partial charge >= 0.3 is 0 Å². The van der Waals surface area contributed by atoms with Gasteiger partial charge in [-0.1, -0.05) is 11.6 Å². The van der Waals surface area contributed by atoms with Crippen LogP contribution >= 0.6 is 11.6 Å². The molecule has 94 valence electrons. The van der Waals surface area contributed by atoms with Gasteiger partial charge in [0.15, 0.2) is 5.76 Å². The number of amides is 1. The monoisotopic (exact) mass is 257 g/mol. The zero-order valence-corrected chi connectivity index (χ0v) is 11.4. The average molecular weight is 258 g/mol. The van der Waals surface area contributed by atoms with E-state index in [-0.39, 0.29) is 10.8 Å². The number of hydrogen-bond acceptors (Lipinski definition) is 3. The minimum Gasteiger partial charge on any atom is -0.456 e. The maximum absolute atomic E-state index is 11.8. The van der Waals surface area contributed by atoms with E-state index >= 15 is 0 Å². The standard InChI is InChI=1S/C12H16ClNO3/c1-6-7(2)17-10(8(6)13)9(15)11(16)14-12(3,4)5/h1-5H3,(H,14,16). The Kier molecular flexibility index (Phi) is 3.67. The van der Waals surface area contributed by atoms with Crippen molar-refractivity contribution in [2.45, 2.75) is 40.2 Å². The molecular weight excluding hydrogens is 242 g/mol. The number of carbonyl (C=O) groups excluding carboxylic acids is 2. The van der Waals surface area contributed by atoms with Crippen LogP contribution < -0.4 is 5.32 Å². The van der Waals surface area contributed by atoms with E-state index in [9.17, 15) is 9.59 Å². The van der Waals surface area contributed by atoms with E-state index in [1.54, 1.807) is 34.6 Å². The predicted octanol–water partition coefficient (Wildman–Crippen LogP) is 2.65. The lowest BCUT2D eigenvalue weighted by atomic mass is 10.1. The summed E-state index contributed by atoms with van der Waals surface area (Å²) in [7, 11) is 0. The SMILES string of the molecule is Cc1oc(C(=O)C(=O)NC(C)(C)C)c(Cl)c1C. The van der Waals surface area contributed by atoms with Gasteiger partial charge in [0.2, 0.25) is 0 Å². The van der Waals surface area contributed by atoms with E-state index in [1.165, 1.54) is 0 Å². The molecule has 0 fully saturated rings. The van der Waals surface area contributed by atoms with Gasteiger partial charge in [0.25, 0.3) is 11.7 Å². The Morgan fingerprint density at radius 2 is 1.76 bits per heavy atom. The van der Waals surface area contributed by atoms with Crippen molar-refractivity contribution in [3.05, 3.63) is 22.1 Å². The van der Waals surface area contributed by atoms with E-state index in [4.69, 9.17) is 16.0 Å². The third-order valence-electron chi connectivity index (χ3n) is 2.21. The summed E-state index contributed by atoms with van der Waals surface area (Å²) in [5.41, 5.74) is 0.203. The minimum atomic E-state index is -0.749. The lowest BCUT2D eigenvalue weighted by Crippen LogP contribution is -2.44. The van der Waals surface area contributed by atoms with Crippen LogP contribution in [0.2, 0.25) is 5.02 Å². The van der Waals surface area contributed by atoms with Gasteiger partial charge in [-0.05, 0) is 34.6 Å². The molecular formula is C12H16ClNO3. The number of hydrogen-bond donors (Lipinski definition) is 1. The lowest BCUT2D eigenvalue weighted by molar-refractivity contribution is -0.118. The highest BCUT2D eigenvalue weighted by atomic mass is 35.5. The van der Waals surface area contributed by atoms with Crippen molar-refractivity contribution >= 4 is 23.3 Å². The van der Waals surface area contributed by atoms with E-state index in [0.717, 1.165) is 0 Å². The Balaban J connectivity index is 2.98. The fourth-order valence-electron chi connectivity index (χ4n) is 1.25. The first kappa shape index (κ1) is 13.8. The summed E-state index contributed by atoms with van der Waals surface area (Å²) in [6.45, 7) is 8.80. The highest BCUT2D eigenvalue weighted by Crippen LogP contribution is 2.26. The van der Waals surface area contributed by atoms with Gasteiger partial charge < -0.3 is 9.73 Å². The fraction of sp³-hybridized carbons (Fsp3) is 0.500. The second kappa shape index (κ2) is 4.53. The second-order valence-corrected chi connectivity index (χ2v) is 5.34. The van der Waals surface area contributed by atoms with Crippen LogP contribution in [0, 0.1) is 13.8 Å². The Morgan fingerprint density at radius 3 is 2.12 bits per heavy atom. The maximum Gasteiger partial charge on any atom is 0.296 e. The predicted molar refractivity (Wildman–Crippen MR) is 65.4 cm³/mol. The lowest BCUT2D eigenvalue weighted by Gasteiger charge is -2.19. The molecule has 5 heteroatoms. The van der Waals surface area contributed by atoms with Crippen molar-refractivity contribution < 1.29 is 14.0 Å². The highest BCUT2D eigenvalue weighted by Gasteiger charge is 2.27. The third-order valence-corrected chi connectivity index (χ3v) is 2.67. The molecule has 0 unspecified atom stereocenters. The van der Waals surface area contributed by atoms with Gasteiger partial charge in [0.05, 0.1) is 5.02 Å². The van der Waals surface area contributed by atoms with Crippen LogP contribution in [-0.2, 0) is 4.79 Å². The number of carbonyl (C=O) groups is 2. The molecule has 0 radical (unpaired) electrons. The molecule has 0 aliphatic rings. The van der Waals surface area contributed by atoms with Crippen LogP contribution in [0.15, 0.2) is 4.42 Å². The smallest absolute Gasteiger partial charge is 0.296 e. The van der Waals surface area contributed by atoms with Crippen molar-refractivity contribution in [2.75, 3.05) is 0 Å². The van der Waals surface area contributed by atoms with Crippen LogP contribution in [0.4, 0.5) is 0 Å². The zero-order valence-electron chi connectivity index (χ0n) is 10.6. The van der Waals surface area contributed by atoms with Crippen LogP contribution in [0.1, 0.15) is 42.6 Å². The van der Waals surface area contributed by atoms with Crippen LogP contribution in [0.3, 0.4) is 0 Å². The van der Waals surface area contributed by atoms with Gasteiger partial charge in [-0.3, -0.25) is 9.59 Å². The molecule has 0 aliphatic heterocycles. The molecule has 1 aromatic heterocycles. The number of rotatable bonds is 2. The molecule has 4 nitrogen and oxygen atoms in total. The Bertz CT molecular complexity index is 469. The van der Waals surface area contributed by atoms with Crippen molar-refractivity contribution in [1.29, 1.82) is 0 Å². The van der Waals surface area contributed by atoms with Crippen LogP contribution in [-0.4, -0.2) is 17.2 Å². The molecule has 0 bridgehead atoms. The van der Waals surface area contributed by atoms with Gasteiger partial charge in [0, 0.05) is 11.1 Å².